The molecule has 0 N–H and O–H groups in total. The zero-order valence-electron chi connectivity index (χ0n) is 12.2. The molecule has 0 fully saturated rings. The average Bonchev–Trinajstić information content (AvgIpc) is 2.78. The number of hydrogen-bond acceptors (Lipinski definition) is 7. The van der Waals surface area contributed by atoms with Gasteiger partial charge in [-0.15, -0.1) is 0 Å². The van der Waals surface area contributed by atoms with Crippen LogP contribution in [0.25, 0.3) is 11.2 Å². The molecule has 1 atom stereocenters. The Bertz CT molecular complexity index is 748. The summed E-state index contributed by atoms with van der Waals surface area (Å²) >= 11 is 8.22. The van der Waals surface area contributed by atoms with Crippen molar-refractivity contribution >= 4 is 51.4 Å². The van der Waals surface area contributed by atoms with Gasteiger partial charge in [0.2, 0.25) is 0 Å². The van der Waals surface area contributed by atoms with Crippen molar-refractivity contribution in [1.29, 1.82) is 0 Å². The van der Waals surface area contributed by atoms with E-state index < -0.39 is 11.5 Å². The fourth-order valence-corrected chi connectivity index (χ4v) is 8.28. The fraction of sp³-hybridized carbons (Fsp3) is 0.500. The molecular formula is C12H16ClN2O4PS2. The molecule has 0 saturated heterocycles. The van der Waals surface area contributed by atoms with E-state index in [1.807, 2.05) is 6.92 Å². The van der Waals surface area contributed by atoms with Crippen molar-refractivity contribution in [1.82, 2.24) is 9.55 Å². The number of oxazole rings is 1. The summed E-state index contributed by atoms with van der Waals surface area (Å²) in [6.45, 7) is 4.16. The largest absolute Gasteiger partial charge is 0.421 e. The van der Waals surface area contributed by atoms with Crippen LogP contribution in [-0.4, -0.2) is 21.9 Å². The lowest BCUT2D eigenvalue weighted by Crippen LogP contribution is -2.12. The van der Waals surface area contributed by atoms with Crippen molar-refractivity contribution in [3.8, 4) is 0 Å². The predicted octanol–water partition coefficient (Wildman–Crippen LogP) is 4.62. The van der Waals surface area contributed by atoms with Gasteiger partial charge in [-0.3, -0.25) is 4.57 Å². The van der Waals surface area contributed by atoms with Gasteiger partial charge in [-0.05, 0) is 24.7 Å². The molecule has 22 heavy (non-hydrogen) atoms. The van der Waals surface area contributed by atoms with Gasteiger partial charge in [0.25, 0.3) is 0 Å². The van der Waals surface area contributed by atoms with Crippen LogP contribution in [0.5, 0.6) is 0 Å². The van der Waals surface area contributed by atoms with E-state index in [-0.39, 0.29) is 5.88 Å². The van der Waals surface area contributed by atoms with Crippen LogP contribution >= 0.6 is 40.1 Å². The quantitative estimate of drug-likeness (QED) is 0.616. The Balaban J connectivity index is 2.21. The van der Waals surface area contributed by atoms with Crippen LogP contribution in [0.2, 0.25) is 5.02 Å². The third-order valence-electron chi connectivity index (χ3n) is 2.56. The zero-order chi connectivity index (χ0) is 16.2. The van der Waals surface area contributed by atoms with Gasteiger partial charge in [0.1, 0.15) is 0 Å². The third-order valence-corrected chi connectivity index (χ3v) is 10.3. The van der Waals surface area contributed by atoms with E-state index in [1.54, 1.807) is 6.92 Å². The molecule has 2 aromatic rings. The predicted molar refractivity (Wildman–Crippen MR) is 92.9 cm³/mol. The lowest BCUT2D eigenvalue weighted by molar-refractivity contribution is 0.357. The van der Waals surface area contributed by atoms with Gasteiger partial charge in [0.05, 0.1) is 17.5 Å². The minimum Gasteiger partial charge on any atom is -0.406 e. The first-order valence-corrected chi connectivity index (χ1v) is 11.9. The Morgan fingerprint density at radius 3 is 2.91 bits per heavy atom. The number of rotatable bonds is 8. The maximum absolute atomic E-state index is 12.7. The summed E-state index contributed by atoms with van der Waals surface area (Å²) in [6, 6.07) is 1.53. The van der Waals surface area contributed by atoms with E-state index in [2.05, 4.69) is 4.98 Å². The summed E-state index contributed by atoms with van der Waals surface area (Å²) in [5.41, 5.74) is 0.691. The standard InChI is InChI=1S/C12H16ClN2O4PS2/c1-3-5-21-20(17,18-4-2)22-8-15-11-10(19-12(15)16)6-9(13)7-14-11/h6-7H,3-5,8H2,1-2H3. The van der Waals surface area contributed by atoms with Crippen molar-refractivity contribution in [3.63, 3.8) is 0 Å². The molecule has 0 aromatic carbocycles. The molecule has 0 aliphatic heterocycles. The summed E-state index contributed by atoms with van der Waals surface area (Å²) in [6.07, 6.45) is 2.34. The molecule has 1 unspecified atom stereocenters. The Hall–Kier alpha value is -0.400. The second kappa shape index (κ2) is 7.93. The van der Waals surface area contributed by atoms with E-state index in [9.17, 15) is 9.36 Å². The van der Waals surface area contributed by atoms with Crippen LogP contribution in [0.15, 0.2) is 21.5 Å². The highest BCUT2D eigenvalue weighted by atomic mass is 35.5. The van der Waals surface area contributed by atoms with Crippen LogP contribution in [0, 0.1) is 0 Å². The molecule has 6 nitrogen and oxygen atoms in total. The SMILES string of the molecule is CCCSP(=O)(OCC)SCn1c(=O)oc2cc(Cl)cnc21. The number of halogens is 1. The lowest BCUT2D eigenvalue weighted by Gasteiger charge is -2.15. The molecule has 0 aliphatic carbocycles. The summed E-state index contributed by atoms with van der Waals surface area (Å²) in [5.74, 6) is -2.58. The molecule has 0 amide bonds. The molecule has 0 bridgehead atoms. The van der Waals surface area contributed by atoms with Crippen molar-refractivity contribution in [2.75, 3.05) is 12.4 Å². The maximum atomic E-state index is 12.7. The number of nitrogens with zero attached hydrogens (tertiary/aromatic N) is 2. The monoisotopic (exact) mass is 382 g/mol. The minimum atomic E-state index is -2.91. The fourth-order valence-electron chi connectivity index (χ4n) is 1.64. The average molecular weight is 383 g/mol. The van der Waals surface area contributed by atoms with Crippen molar-refractivity contribution in [2.45, 2.75) is 26.1 Å². The molecular weight excluding hydrogens is 367 g/mol. The number of aromatic nitrogens is 2. The Morgan fingerprint density at radius 1 is 1.45 bits per heavy atom. The summed E-state index contributed by atoms with van der Waals surface area (Å²) in [7, 11) is 0. The van der Waals surface area contributed by atoms with Gasteiger partial charge in [-0.1, -0.05) is 29.9 Å². The van der Waals surface area contributed by atoms with Gasteiger partial charge in [-0.25, -0.2) is 14.3 Å². The van der Waals surface area contributed by atoms with E-state index in [1.165, 1.54) is 28.2 Å². The minimum absolute atomic E-state index is 0.147. The van der Waals surface area contributed by atoms with Crippen molar-refractivity contribution in [2.24, 2.45) is 0 Å². The Morgan fingerprint density at radius 2 is 2.23 bits per heavy atom. The van der Waals surface area contributed by atoms with E-state index in [0.29, 0.717) is 22.9 Å². The second-order valence-corrected chi connectivity index (χ2v) is 12.1. The molecule has 0 saturated carbocycles. The molecule has 2 heterocycles. The smallest absolute Gasteiger partial charge is 0.406 e. The lowest BCUT2D eigenvalue weighted by atomic mass is 10.4. The molecule has 0 spiro atoms. The third kappa shape index (κ3) is 4.32. The first-order chi connectivity index (χ1) is 10.5. The molecule has 2 rings (SSSR count). The highest BCUT2D eigenvalue weighted by molar-refractivity contribution is 8.89. The van der Waals surface area contributed by atoms with Gasteiger partial charge in [-0.2, -0.15) is 0 Å². The van der Waals surface area contributed by atoms with Gasteiger partial charge < -0.3 is 8.94 Å². The first-order valence-electron chi connectivity index (χ1n) is 6.67. The molecule has 0 aliphatic rings. The zero-order valence-corrected chi connectivity index (χ0v) is 15.4. The summed E-state index contributed by atoms with van der Waals surface area (Å²) in [4.78, 5) is 16.0. The number of hydrogen-bond donors (Lipinski definition) is 0. The van der Waals surface area contributed by atoms with E-state index >= 15 is 0 Å². The van der Waals surface area contributed by atoms with Gasteiger partial charge in [0.15, 0.2) is 11.2 Å². The second-order valence-electron chi connectivity index (χ2n) is 4.23. The van der Waals surface area contributed by atoms with Crippen molar-refractivity contribution in [3.05, 3.63) is 27.8 Å². The van der Waals surface area contributed by atoms with E-state index in [0.717, 1.165) is 23.6 Å². The van der Waals surface area contributed by atoms with Crippen LogP contribution in [0.3, 0.4) is 0 Å². The van der Waals surface area contributed by atoms with E-state index in [4.69, 9.17) is 20.5 Å². The highest BCUT2D eigenvalue weighted by Crippen LogP contribution is 2.70. The molecule has 0 radical (unpaired) electrons. The first kappa shape index (κ1) is 17.9. The molecule has 10 heteroatoms. The van der Waals surface area contributed by atoms with Crippen LogP contribution in [0.1, 0.15) is 20.3 Å². The summed E-state index contributed by atoms with van der Waals surface area (Å²) < 4.78 is 24.5. The Labute approximate surface area is 140 Å². The maximum Gasteiger partial charge on any atom is 0.421 e. The number of fused-ring (bicyclic) bond motifs is 1. The summed E-state index contributed by atoms with van der Waals surface area (Å²) in [5, 5.41) is 0.388. The van der Waals surface area contributed by atoms with Gasteiger partial charge in [0, 0.05) is 18.0 Å². The molecule has 122 valence electrons. The van der Waals surface area contributed by atoms with Crippen LogP contribution < -0.4 is 5.76 Å². The van der Waals surface area contributed by atoms with Crippen LogP contribution in [0.4, 0.5) is 0 Å². The van der Waals surface area contributed by atoms with Crippen molar-refractivity contribution < 1.29 is 13.5 Å². The highest BCUT2D eigenvalue weighted by Gasteiger charge is 2.25. The molecule has 2 aromatic heterocycles. The van der Waals surface area contributed by atoms with Crippen LogP contribution in [-0.2, 0) is 15.0 Å². The van der Waals surface area contributed by atoms with Gasteiger partial charge >= 0.3 is 11.5 Å². The topological polar surface area (TPSA) is 74.3 Å². The normalized spacial score (nSPS) is 14.3. The Kier molecular flexibility index (Phi) is 6.46. The number of pyridine rings is 1.